The second-order valence-electron chi connectivity index (χ2n) is 6.28. The van der Waals surface area contributed by atoms with Crippen molar-refractivity contribution in [1.29, 1.82) is 0 Å². The molecule has 4 rings (SSSR count). The summed E-state index contributed by atoms with van der Waals surface area (Å²) in [6.07, 6.45) is 3.86. The summed E-state index contributed by atoms with van der Waals surface area (Å²) in [5.41, 5.74) is 1.22. The molecule has 0 bridgehead atoms. The Morgan fingerprint density at radius 1 is 1.21 bits per heavy atom. The molecule has 0 aliphatic carbocycles. The van der Waals surface area contributed by atoms with E-state index in [9.17, 15) is 0 Å². The predicted molar refractivity (Wildman–Crippen MR) is 92.0 cm³/mol. The van der Waals surface area contributed by atoms with Crippen molar-refractivity contribution in [3.05, 3.63) is 48.3 Å². The van der Waals surface area contributed by atoms with E-state index in [-0.39, 0.29) is 6.04 Å². The average molecular weight is 323 g/mol. The lowest BCUT2D eigenvalue weighted by Crippen LogP contribution is -2.36. The summed E-state index contributed by atoms with van der Waals surface area (Å²) in [7, 11) is 1.69. The second kappa shape index (κ2) is 6.57. The first kappa shape index (κ1) is 15.1. The lowest BCUT2D eigenvalue weighted by molar-refractivity contribution is 0.261. The second-order valence-corrected chi connectivity index (χ2v) is 6.28. The van der Waals surface area contributed by atoms with Crippen LogP contribution in [-0.4, -0.2) is 40.4 Å². The number of methoxy groups -OCH3 is 1. The summed E-state index contributed by atoms with van der Waals surface area (Å²) in [6, 6.07) is 12.8. The summed E-state index contributed by atoms with van der Waals surface area (Å²) >= 11 is 0. The van der Waals surface area contributed by atoms with Crippen molar-refractivity contribution in [2.45, 2.75) is 18.9 Å². The van der Waals surface area contributed by atoms with Crippen LogP contribution in [0.4, 0.5) is 0 Å². The third-order valence-corrected chi connectivity index (χ3v) is 4.81. The Labute approximate surface area is 140 Å². The van der Waals surface area contributed by atoms with Crippen molar-refractivity contribution < 1.29 is 4.74 Å². The van der Waals surface area contributed by atoms with Crippen molar-refractivity contribution in [2.24, 2.45) is 5.92 Å². The quantitative estimate of drug-likeness (QED) is 0.799. The topological polar surface area (TPSA) is 64.9 Å². The molecule has 0 radical (unpaired) electrons. The van der Waals surface area contributed by atoms with Gasteiger partial charge in [0.15, 0.2) is 6.33 Å². The predicted octanol–water partition coefficient (Wildman–Crippen LogP) is 2.42. The summed E-state index contributed by atoms with van der Waals surface area (Å²) in [4.78, 5) is 1.75. The number of ether oxygens (including phenoxy) is 1. The van der Waals surface area contributed by atoms with Gasteiger partial charge in [0.05, 0.1) is 7.11 Å². The highest BCUT2D eigenvalue weighted by Gasteiger charge is 2.28. The molecule has 1 N–H and O–H groups in total. The van der Waals surface area contributed by atoms with Gasteiger partial charge in [-0.25, -0.2) is 0 Å². The van der Waals surface area contributed by atoms with E-state index in [1.807, 2.05) is 6.07 Å². The molecule has 1 aromatic heterocycles. The zero-order chi connectivity index (χ0) is 16.4. The molecule has 1 aliphatic rings. The van der Waals surface area contributed by atoms with E-state index in [0.29, 0.717) is 5.92 Å². The maximum absolute atomic E-state index is 5.31. The van der Waals surface area contributed by atoms with Gasteiger partial charge in [-0.15, -0.1) is 10.2 Å². The zero-order valence-corrected chi connectivity index (χ0v) is 13.7. The number of piperidine rings is 1. The van der Waals surface area contributed by atoms with Crippen LogP contribution in [-0.2, 0) is 0 Å². The number of nitrogens with zero attached hydrogens (tertiary/aromatic N) is 4. The van der Waals surface area contributed by atoms with Gasteiger partial charge >= 0.3 is 0 Å². The minimum atomic E-state index is 0.104. The third-order valence-electron chi connectivity index (χ3n) is 4.81. The molecule has 1 fully saturated rings. The standard InChI is InChI=1S/C18H21N5O/c1-24-17-7-6-13-9-15(5-4-14(13)10-17)18(23-21-12-20-22-23)16-3-2-8-19-11-16/h4-7,9-10,12,16,18-19H,2-3,8,11H2,1H3/t16-,18?/m0/s1. The van der Waals surface area contributed by atoms with Gasteiger partial charge in [-0.05, 0) is 65.1 Å². The summed E-state index contributed by atoms with van der Waals surface area (Å²) < 4.78 is 5.31. The van der Waals surface area contributed by atoms with Gasteiger partial charge in [-0.1, -0.05) is 18.2 Å². The normalized spacial score (nSPS) is 19.3. The number of nitrogens with one attached hydrogen (secondary N) is 1. The fourth-order valence-electron chi connectivity index (χ4n) is 3.60. The molecule has 2 heterocycles. The van der Waals surface area contributed by atoms with E-state index >= 15 is 0 Å². The summed E-state index contributed by atoms with van der Waals surface area (Å²) in [6.45, 7) is 2.07. The minimum Gasteiger partial charge on any atom is -0.497 e. The number of benzene rings is 2. The van der Waals surface area contributed by atoms with E-state index in [1.54, 1.807) is 11.9 Å². The molecular weight excluding hydrogens is 302 g/mol. The lowest BCUT2D eigenvalue weighted by Gasteiger charge is -2.30. The smallest absolute Gasteiger partial charge is 0.162 e. The molecule has 1 saturated heterocycles. The van der Waals surface area contributed by atoms with Crippen molar-refractivity contribution in [3.8, 4) is 5.75 Å². The molecule has 124 valence electrons. The van der Waals surface area contributed by atoms with Crippen molar-refractivity contribution >= 4 is 10.8 Å². The van der Waals surface area contributed by atoms with E-state index in [0.717, 1.165) is 18.8 Å². The van der Waals surface area contributed by atoms with Gasteiger partial charge < -0.3 is 10.1 Å². The minimum absolute atomic E-state index is 0.104. The van der Waals surface area contributed by atoms with Crippen molar-refractivity contribution in [2.75, 3.05) is 20.2 Å². The van der Waals surface area contributed by atoms with Crippen LogP contribution in [0.2, 0.25) is 0 Å². The van der Waals surface area contributed by atoms with Crippen LogP contribution in [0, 0.1) is 5.92 Å². The van der Waals surface area contributed by atoms with Gasteiger partial charge in [-0.3, -0.25) is 0 Å². The van der Waals surface area contributed by atoms with Crippen LogP contribution in [0.3, 0.4) is 0 Å². The van der Waals surface area contributed by atoms with E-state index < -0.39 is 0 Å². The SMILES string of the molecule is COc1ccc2cc(C([C@H]3CCCNC3)n3ncnn3)ccc2c1. The van der Waals surface area contributed by atoms with Crippen molar-refractivity contribution in [3.63, 3.8) is 0 Å². The maximum Gasteiger partial charge on any atom is 0.162 e. The molecule has 3 aromatic rings. The molecule has 2 atom stereocenters. The van der Waals surface area contributed by atoms with Gasteiger partial charge in [0.25, 0.3) is 0 Å². The summed E-state index contributed by atoms with van der Waals surface area (Å²) in [5.74, 6) is 1.34. The molecule has 0 saturated carbocycles. The van der Waals surface area contributed by atoms with Crippen LogP contribution < -0.4 is 10.1 Å². The largest absolute Gasteiger partial charge is 0.497 e. The van der Waals surface area contributed by atoms with Crippen molar-refractivity contribution in [1.82, 2.24) is 25.5 Å². The molecular formula is C18H21N5O. The van der Waals surface area contributed by atoms with Crippen LogP contribution in [0.5, 0.6) is 5.75 Å². The Kier molecular flexibility index (Phi) is 4.13. The van der Waals surface area contributed by atoms with Crippen LogP contribution >= 0.6 is 0 Å². The molecule has 6 heteroatoms. The first-order valence-electron chi connectivity index (χ1n) is 8.36. The highest BCUT2D eigenvalue weighted by molar-refractivity contribution is 5.84. The molecule has 0 amide bonds. The van der Waals surface area contributed by atoms with E-state index in [2.05, 4.69) is 51.1 Å². The Morgan fingerprint density at radius 2 is 2.08 bits per heavy atom. The highest BCUT2D eigenvalue weighted by atomic mass is 16.5. The van der Waals surface area contributed by atoms with Gasteiger partial charge in [0, 0.05) is 6.54 Å². The van der Waals surface area contributed by atoms with Crippen LogP contribution in [0.1, 0.15) is 24.4 Å². The maximum atomic E-state index is 5.31. The molecule has 6 nitrogen and oxygen atoms in total. The average Bonchev–Trinajstić information content (AvgIpc) is 3.16. The first-order chi connectivity index (χ1) is 11.8. The third kappa shape index (κ3) is 2.85. The number of fused-ring (bicyclic) bond motifs is 1. The highest BCUT2D eigenvalue weighted by Crippen LogP contribution is 2.32. The van der Waals surface area contributed by atoms with Crippen LogP contribution in [0.15, 0.2) is 42.7 Å². The monoisotopic (exact) mass is 323 g/mol. The summed E-state index contributed by atoms with van der Waals surface area (Å²) in [5, 5.41) is 18.3. The lowest BCUT2D eigenvalue weighted by atomic mass is 9.87. The number of tetrazole rings is 1. The number of aromatic nitrogens is 4. The van der Waals surface area contributed by atoms with E-state index in [4.69, 9.17) is 4.74 Å². The Balaban J connectivity index is 1.75. The Hall–Kier alpha value is -2.47. The number of hydrogen-bond acceptors (Lipinski definition) is 5. The fourth-order valence-corrected chi connectivity index (χ4v) is 3.60. The van der Waals surface area contributed by atoms with Gasteiger partial charge in [-0.2, -0.15) is 4.80 Å². The van der Waals surface area contributed by atoms with Gasteiger partial charge in [0.2, 0.25) is 0 Å². The molecule has 1 aliphatic heterocycles. The number of hydrogen-bond donors (Lipinski definition) is 1. The van der Waals surface area contributed by atoms with E-state index in [1.165, 1.54) is 35.5 Å². The zero-order valence-electron chi connectivity index (χ0n) is 13.7. The first-order valence-corrected chi connectivity index (χ1v) is 8.36. The molecule has 2 aromatic carbocycles. The fraction of sp³-hybridized carbons (Fsp3) is 0.389. The molecule has 1 unspecified atom stereocenters. The van der Waals surface area contributed by atoms with Crippen LogP contribution in [0.25, 0.3) is 10.8 Å². The Morgan fingerprint density at radius 3 is 2.83 bits per heavy atom. The molecule has 24 heavy (non-hydrogen) atoms. The molecule has 0 spiro atoms. The van der Waals surface area contributed by atoms with Gasteiger partial charge in [0.1, 0.15) is 11.8 Å². The number of rotatable bonds is 4. The Bertz CT molecular complexity index is 811.